The summed E-state index contributed by atoms with van der Waals surface area (Å²) in [5, 5.41) is 12.3. The number of thiazole rings is 1. The summed E-state index contributed by atoms with van der Waals surface area (Å²) in [7, 11) is 0. The number of carbonyl (C=O) groups is 1. The van der Waals surface area contributed by atoms with Crippen LogP contribution in [0.25, 0.3) is 0 Å². The van der Waals surface area contributed by atoms with Crippen molar-refractivity contribution in [2.24, 2.45) is 0 Å². The Kier molecular flexibility index (Phi) is 3.71. The van der Waals surface area contributed by atoms with Crippen LogP contribution in [0.5, 0.6) is 0 Å². The Balaban J connectivity index is 2.02. The Morgan fingerprint density at radius 1 is 1.56 bits per heavy atom. The van der Waals surface area contributed by atoms with Crippen LogP contribution in [0.3, 0.4) is 0 Å². The predicted octanol–water partition coefficient (Wildman–Crippen LogP) is 1.62. The molecule has 0 aliphatic rings. The molecule has 0 spiro atoms. The van der Waals surface area contributed by atoms with Gasteiger partial charge >= 0.3 is 0 Å². The lowest BCUT2D eigenvalue weighted by molar-refractivity contribution is 0.0929. The van der Waals surface area contributed by atoms with E-state index in [1.807, 2.05) is 26.2 Å². The average Bonchev–Trinajstić information content (AvgIpc) is 2.97. The standard InChI is InChI=1S/C11H15N5OS/c1-4-8-14-9(16-15-8)10(17)13-7(3)11-12-6(2)5-18-11/h5,7H,4H2,1-3H3,(H,13,17)(H,14,15,16). The van der Waals surface area contributed by atoms with Crippen molar-refractivity contribution in [2.45, 2.75) is 33.2 Å². The molecule has 0 aromatic carbocycles. The number of aromatic amines is 1. The first-order valence-electron chi connectivity index (χ1n) is 5.74. The Labute approximate surface area is 109 Å². The van der Waals surface area contributed by atoms with E-state index in [0.717, 1.165) is 17.1 Å². The number of carbonyl (C=O) groups excluding carboxylic acids is 1. The third-order valence-electron chi connectivity index (χ3n) is 2.42. The Morgan fingerprint density at radius 3 is 2.89 bits per heavy atom. The summed E-state index contributed by atoms with van der Waals surface area (Å²) in [6, 6.07) is -0.139. The van der Waals surface area contributed by atoms with E-state index in [2.05, 4.69) is 25.5 Å². The van der Waals surface area contributed by atoms with Crippen molar-refractivity contribution in [2.75, 3.05) is 0 Å². The molecule has 2 heterocycles. The van der Waals surface area contributed by atoms with E-state index >= 15 is 0 Å². The van der Waals surface area contributed by atoms with Crippen molar-refractivity contribution in [1.29, 1.82) is 0 Å². The van der Waals surface area contributed by atoms with Crippen LogP contribution in [-0.4, -0.2) is 26.1 Å². The molecule has 96 valence electrons. The summed E-state index contributed by atoms with van der Waals surface area (Å²) < 4.78 is 0. The number of aromatic nitrogens is 4. The topological polar surface area (TPSA) is 83.6 Å². The zero-order valence-corrected chi connectivity index (χ0v) is 11.3. The highest BCUT2D eigenvalue weighted by Crippen LogP contribution is 2.17. The highest BCUT2D eigenvalue weighted by Gasteiger charge is 2.17. The quantitative estimate of drug-likeness (QED) is 0.880. The highest BCUT2D eigenvalue weighted by molar-refractivity contribution is 7.09. The minimum atomic E-state index is -0.286. The van der Waals surface area contributed by atoms with Crippen LogP contribution in [0.15, 0.2) is 5.38 Å². The normalized spacial score (nSPS) is 12.4. The van der Waals surface area contributed by atoms with Crippen LogP contribution in [0.2, 0.25) is 0 Å². The first kappa shape index (κ1) is 12.7. The monoisotopic (exact) mass is 265 g/mol. The first-order valence-corrected chi connectivity index (χ1v) is 6.62. The number of hydrogen-bond acceptors (Lipinski definition) is 5. The minimum absolute atomic E-state index is 0.139. The molecule has 1 amide bonds. The van der Waals surface area contributed by atoms with E-state index in [1.165, 1.54) is 11.3 Å². The molecule has 0 fully saturated rings. The number of nitrogens with zero attached hydrogens (tertiary/aromatic N) is 3. The maximum absolute atomic E-state index is 11.9. The molecule has 7 heteroatoms. The number of H-pyrrole nitrogens is 1. The molecule has 0 aliphatic carbocycles. The molecular weight excluding hydrogens is 250 g/mol. The Morgan fingerprint density at radius 2 is 2.33 bits per heavy atom. The summed E-state index contributed by atoms with van der Waals surface area (Å²) in [6.07, 6.45) is 0.724. The second kappa shape index (κ2) is 5.26. The van der Waals surface area contributed by atoms with Crippen molar-refractivity contribution >= 4 is 17.2 Å². The van der Waals surface area contributed by atoms with Crippen LogP contribution < -0.4 is 5.32 Å². The smallest absolute Gasteiger partial charge is 0.291 e. The summed E-state index contributed by atoms with van der Waals surface area (Å²) in [5.41, 5.74) is 0.960. The zero-order valence-electron chi connectivity index (χ0n) is 10.5. The fourth-order valence-electron chi connectivity index (χ4n) is 1.45. The van der Waals surface area contributed by atoms with Gasteiger partial charge in [0.2, 0.25) is 5.82 Å². The van der Waals surface area contributed by atoms with Crippen LogP contribution in [0, 0.1) is 6.92 Å². The molecule has 0 aliphatic heterocycles. The molecule has 1 unspecified atom stereocenters. The molecule has 0 radical (unpaired) electrons. The summed E-state index contributed by atoms with van der Waals surface area (Å²) in [6.45, 7) is 5.77. The Hall–Kier alpha value is -1.76. The van der Waals surface area contributed by atoms with E-state index < -0.39 is 0 Å². The molecule has 0 saturated carbocycles. The van der Waals surface area contributed by atoms with Gasteiger partial charge < -0.3 is 5.32 Å². The summed E-state index contributed by atoms with van der Waals surface area (Å²) in [4.78, 5) is 20.3. The predicted molar refractivity (Wildman–Crippen MR) is 68.5 cm³/mol. The minimum Gasteiger partial charge on any atom is -0.340 e. The fourth-order valence-corrected chi connectivity index (χ4v) is 2.25. The van der Waals surface area contributed by atoms with Gasteiger partial charge in [-0.15, -0.1) is 16.4 Å². The van der Waals surface area contributed by atoms with Crippen LogP contribution in [0.1, 0.15) is 47.0 Å². The molecule has 18 heavy (non-hydrogen) atoms. The van der Waals surface area contributed by atoms with Crippen LogP contribution in [-0.2, 0) is 6.42 Å². The van der Waals surface area contributed by atoms with Crippen molar-refractivity contribution < 1.29 is 4.79 Å². The van der Waals surface area contributed by atoms with Gasteiger partial charge in [-0.3, -0.25) is 9.89 Å². The van der Waals surface area contributed by atoms with Gasteiger partial charge in [-0.2, -0.15) is 0 Å². The third kappa shape index (κ3) is 2.73. The van der Waals surface area contributed by atoms with E-state index in [-0.39, 0.29) is 17.8 Å². The number of rotatable bonds is 4. The molecule has 1 atom stereocenters. The van der Waals surface area contributed by atoms with Gasteiger partial charge in [-0.1, -0.05) is 6.92 Å². The van der Waals surface area contributed by atoms with Gasteiger partial charge in [0.05, 0.1) is 6.04 Å². The van der Waals surface area contributed by atoms with Crippen molar-refractivity contribution in [3.05, 3.63) is 27.7 Å². The van der Waals surface area contributed by atoms with Gasteiger partial charge in [0.1, 0.15) is 10.8 Å². The molecule has 2 rings (SSSR count). The fraction of sp³-hybridized carbons (Fsp3) is 0.455. The van der Waals surface area contributed by atoms with Gasteiger partial charge in [0.25, 0.3) is 5.91 Å². The molecular formula is C11H15N5OS. The number of hydrogen-bond donors (Lipinski definition) is 2. The van der Waals surface area contributed by atoms with Crippen LogP contribution >= 0.6 is 11.3 Å². The van der Waals surface area contributed by atoms with E-state index in [4.69, 9.17) is 0 Å². The number of amides is 1. The van der Waals surface area contributed by atoms with Gasteiger partial charge in [-0.05, 0) is 13.8 Å². The molecule has 6 nitrogen and oxygen atoms in total. The lowest BCUT2D eigenvalue weighted by Crippen LogP contribution is -2.27. The van der Waals surface area contributed by atoms with Crippen molar-refractivity contribution in [1.82, 2.24) is 25.5 Å². The second-order valence-corrected chi connectivity index (χ2v) is 4.87. The third-order valence-corrected chi connectivity index (χ3v) is 3.57. The Bertz CT molecular complexity index is 547. The maximum Gasteiger partial charge on any atom is 0.291 e. The highest BCUT2D eigenvalue weighted by atomic mass is 32.1. The maximum atomic E-state index is 11.9. The van der Waals surface area contributed by atoms with Gasteiger partial charge in [0.15, 0.2) is 0 Å². The van der Waals surface area contributed by atoms with Crippen molar-refractivity contribution in [3.63, 3.8) is 0 Å². The molecule has 2 aromatic heterocycles. The number of aryl methyl sites for hydroxylation is 2. The number of nitrogens with one attached hydrogen (secondary N) is 2. The van der Waals surface area contributed by atoms with Crippen LogP contribution in [0.4, 0.5) is 0 Å². The van der Waals surface area contributed by atoms with Crippen molar-refractivity contribution in [3.8, 4) is 0 Å². The summed E-state index contributed by atoms with van der Waals surface area (Å²) in [5.74, 6) is 0.594. The van der Waals surface area contributed by atoms with Gasteiger partial charge in [0, 0.05) is 17.5 Å². The van der Waals surface area contributed by atoms with E-state index in [0.29, 0.717) is 5.82 Å². The molecule has 0 saturated heterocycles. The molecule has 2 aromatic rings. The van der Waals surface area contributed by atoms with E-state index in [9.17, 15) is 4.79 Å². The molecule has 2 N–H and O–H groups in total. The first-order chi connectivity index (χ1) is 8.60. The van der Waals surface area contributed by atoms with Gasteiger partial charge in [-0.25, -0.2) is 9.97 Å². The lowest BCUT2D eigenvalue weighted by atomic mass is 10.3. The lowest BCUT2D eigenvalue weighted by Gasteiger charge is -2.08. The largest absolute Gasteiger partial charge is 0.340 e. The molecule has 0 bridgehead atoms. The SMILES string of the molecule is CCc1nc(C(=O)NC(C)c2nc(C)cs2)n[nH]1. The summed E-state index contributed by atoms with van der Waals surface area (Å²) >= 11 is 1.53. The average molecular weight is 265 g/mol. The zero-order chi connectivity index (χ0) is 13.1. The second-order valence-electron chi connectivity index (χ2n) is 3.98. The van der Waals surface area contributed by atoms with E-state index in [1.54, 1.807) is 0 Å².